The van der Waals surface area contributed by atoms with Gasteiger partial charge in [-0.25, -0.2) is 4.39 Å². The molecule has 0 aliphatic carbocycles. The number of pyridine rings is 1. The van der Waals surface area contributed by atoms with Crippen molar-refractivity contribution in [3.8, 4) is 40.0 Å². The molecule has 1 atom stereocenters. The average molecular weight is 1020 g/mol. The zero-order chi connectivity index (χ0) is 52.5. The van der Waals surface area contributed by atoms with Gasteiger partial charge in [-0.05, 0) is 134 Å². The third kappa shape index (κ3) is 10.2. The fourth-order valence-corrected chi connectivity index (χ4v) is 11.7. The molecule has 0 radical (unpaired) electrons. The number of ether oxygens (including phenoxy) is 2. The number of fused-ring (bicyclic) bond motifs is 3. The summed E-state index contributed by atoms with van der Waals surface area (Å²) in [5.74, 6) is -0.832. The van der Waals surface area contributed by atoms with E-state index in [1.54, 1.807) is 35.2 Å². The molecule has 2 N–H and O–H groups in total. The SMILES string of the molecule is Cc1c(-c2c(C(=O)Nc3ccc(O)cc3)c3ccccn3c2-c2cc3c(cc2C(=O)N2Cc4ccccc4C[C@H]2CN2CCCCC2)CN(C(=O)Cc2ccc(OCCN4CCOCC4)cc2F)CC3)cc(C#N)n1C. The Morgan fingerprint density at radius 1 is 0.829 bits per heavy atom. The highest BCUT2D eigenvalue weighted by Crippen LogP contribution is 2.45. The summed E-state index contributed by atoms with van der Waals surface area (Å²) in [5, 5.41) is 23.6. The monoisotopic (exact) mass is 1020 g/mol. The van der Waals surface area contributed by atoms with E-state index in [4.69, 9.17) is 9.47 Å². The molecule has 390 valence electrons. The van der Waals surface area contributed by atoms with Gasteiger partial charge in [0.25, 0.3) is 11.8 Å². The highest BCUT2D eigenvalue weighted by atomic mass is 19.1. The standard InChI is InChI=1S/C61H63FN8O6/c1-40-51(34-47(36-63)65(40)2)57-58(60(73)64-46-14-16-49(71)17-15-46)55-12-6-9-22-69(55)59(57)52-31-42-19-23-68(56(72)33-43-13-18-50(35-54(43)62)76-29-26-66-24-27-75-28-25-66)37-45(42)32-53(52)61(74)70-38-44-11-5-4-10-41(44)30-48(70)39-67-20-7-3-8-21-67/h4-6,9-18,22,31-32,34-35,48,71H,3,7-8,19-21,23-30,33,37-39H2,1-2H3,(H,64,73)/t48-/m0/s1. The Bertz CT molecular complexity index is 3380. The van der Waals surface area contributed by atoms with E-state index in [-0.39, 0.29) is 42.1 Å². The molecular weight excluding hydrogens is 960 g/mol. The molecule has 3 aromatic heterocycles. The summed E-state index contributed by atoms with van der Waals surface area (Å²) in [4.78, 5) is 54.0. The van der Waals surface area contributed by atoms with Crippen molar-refractivity contribution in [2.45, 2.75) is 64.6 Å². The van der Waals surface area contributed by atoms with E-state index in [9.17, 15) is 15.2 Å². The number of phenolic OH excluding ortho intramolecular Hbond substituents is 1. The second-order valence-electron chi connectivity index (χ2n) is 20.6. The van der Waals surface area contributed by atoms with Crippen LogP contribution in [0.25, 0.3) is 27.9 Å². The van der Waals surface area contributed by atoms with Crippen molar-refractivity contribution in [2.24, 2.45) is 7.05 Å². The molecule has 7 heterocycles. The molecule has 14 nitrogen and oxygen atoms in total. The van der Waals surface area contributed by atoms with Crippen molar-refractivity contribution >= 4 is 28.9 Å². The van der Waals surface area contributed by atoms with E-state index in [2.05, 4.69) is 45.5 Å². The van der Waals surface area contributed by atoms with Gasteiger partial charge in [0.1, 0.15) is 35.7 Å². The quantitative estimate of drug-likeness (QED) is 0.108. The lowest BCUT2D eigenvalue weighted by Crippen LogP contribution is -2.51. The molecular formula is C61H63FN8O6. The maximum atomic E-state index is 16.2. The molecule has 0 spiro atoms. The van der Waals surface area contributed by atoms with Gasteiger partial charge < -0.3 is 43.6 Å². The minimum Gasteiger partial charge on any atom is -0.508 e. The molecule has 11 rings (SSSR count). The number of amides is 3. The van der Waals surface area contributed by atoms with Crippen LogP contribution in [0.4, 0.5) is 10.1 Å². The van der Waals surface area contributed by atoms with Gasteiger partial charge in [0.2, 0.25) is 5.91 Å². The van der Waals surface area contributed by atoms with Gasteiger partial charge in [0.15, 0.2) is 0 Å². The molecule has 15 heteroatoms. The molecule has 4 aliphatic heterocycles. The molecule has 0 bridgehead atoms. The van der Waals surface area contributed by atoms with E-state index in [1.165, 1.54) is 30.2 Å². The summed E-state index contributed by atoms with van der Waals surface area (Å²) in [6.45, 7) is 9.75. The highest BCUT2D eigenvalue weighted by Gasteiger charge is 2.37. The number of morpholine rings is 1. The first-order chi connectivity index (χ1) is 37.0. The number of phenols is 1. The predicted molar refractivity (Wildman–Crippen MR) is 289 cm³/mol. The first kappa shape index (κ1) is 50.4. The Hall–Kier alpha value is -7.77. The van der Waals surface area contributed by atoms with E-state index < -0.39 is 11.7 Å². The smallest absolute Gasteiger partial charge is 0.258 e. The van der Waals surface area contributed by atoms with E-state index in [0.29, 0.717) is 108 Å². The Balaban J connectivity index is 1.01. The molecule has 2 fully saturated rings. The first-order valence-electron chi connectivity index (χ1n) is 26.6. The lowest BCUT2D eigenvalue weighted by atomic mass is 9.87. The number of halogens is 1. The number of aromatic nitrogens is 2. The minimum atomic E-state index is -0.503. The number of hydrogen-bond donors (Lipinski definition) is 2. The fraction of sp³-hybridized carbons (Fsp3) is 0.344. The van der Waals surface area contributed by atoms with Crippen molar-refractivity contribution in [1.29, 1.82) is 5.26 Å². The normalized spacial score (nSPS) is 17.0. The van der Waals surface area contributed by atoms with Gasteiger partial charge in [0, 0.05) is 105 Å². The molecule has 4 aromatic carbocycles. The largest absolute Gasteiger partial charge is 0.508 e. The number of nitrogens with zero attached hydrogens (tertiary/aromatic N) is 7. The Morgan fingerprint density at radius 3 is 2.37 bits per heavy atom. The predicted octanol–water partition coefficient (Wildman–Crippen LogP) is 8.78. The number of nitrogens with one attached hydrogen (secondary N) is 1. The van der Waals surface area contributed by atoms with Crippen LogP contribution in [0.3, 0.4) is 0 Å². The van der Waals surface area contributed by atoms with Crippen LogP contribution < -0.4 is 10.1 Å². The summed E-state index contributed by atoms with van der Waals surface area (Å²) in [6, 6.07) is 33.0. The van der Waals surface area contributed by atoms with Gasteiger partial charge in [0.05, 0.1) is 36.4 Å². The molecule has 4 aliphatic rings. The van der Waals surface area contributed by atoms with Crippen molar-refractivity contribution in [3.63, 3.8) is 0 Å². The summed E-state index contributed by atoms with van der Waals surface area (Å²) >= 11 is 0. The molecule has 76 heavy (non-hydrogen) atoms. The van der Waals surface area contributed by atoms with Crippen molar-refractivity contribution < 1.29 is 33.4 Å². The van der Waals surface area contributed by atoms with Gasteiger partial charge in [-0.2, -0.15) is 5.26 Å². The lowest BCUT2D eigenvalue weighted by Gasteiger charge is -2.41. The average Bonchev–Trinajstić information content (AvgIpc) is 4.13. The molecule has 7 aromatic rings. The molecule has 3 amide bonds. The van der Waals surface area contributed by atoms with Crippen LogP contribution in [0.15, 0.2) is 109 Å². The van der Waals surface area contributed by atoms with Gasteiger partial charge in [-0.15, -0.1) is 0 Å². The van der Waals surface area contributed by atoms with E-state index >= 15 is 14.0 Å². The van der Waals surface area contributed by atoms with E-state index in [1.807, 2.05) is 64.4 Å². The zero-order valence-corrected chi connectivity index (χ0v) is 43.2. The number of rotatable bonds is 13. The molecule has 0 saturated carbocycles. The summed E-state index contributed by atoms with van der Waals surface area (Å²) < 4.78 is 30.9. The van der Waals surface area contributed by atoms with Gasteiger partial charge in [-0.3, -0.25) is 19.3 Å². The summed E-state index contributed by atoms with van der Waals surface area (Å²) in [6.07, 6.45) is 6.34. The number of carbonyl (C=O) groups is 3. The van der Waals surface area contributed by atoms with Crippen LogP contribution in [0.1, 0.15) is 79.2 Å². The van der Waals surface area contributed by atoms with Gasteiger partial charge >= 0.3 is 0 Å². The van der Waals surface area contributed by atoms with Gasteiger partial charge in [-0.1, -0.05) is 42.8 Å². The van der Waals surface area contributed by atoms with Crippen LogP contribution in [0, 0.1) is 24.1 Å². The zero-order valence-electron chi connectivity index (χ0n) is 43.2. The number of piperidine rings is 1. The number of nitriles is 1. The summed E-state index contributed by atoms with van der Waals surface area (Å²) in [7, 11) is 1.83. The number of anilines is 1. The number of benzene rings is 4. The third-order valence-corrected chi connectivity index (χ3v) is 16.0. The Labute approximate surface area is 442 Å². The number of aromatic hydroxyl groups is 1. The molecule has 0 unspecified atom stereocenters. The fourth-order valence-electron chi connectivity index (χ4n) is 11.7. The van der Waals surface area contributed by atoms with E-state index in [0.717, 1.165) is 67.9 Å². The Kier molecular flexibility index (Phi) is 14.5. The molecule has 2 saturated heterocycles. The minimum absolute atomic E-state index is 0.0621. The number of carbonyl (C=O) groups excluding carboxylic acids is 3. The second kappa shape index (κ2) is 21.8. The van der Waals surface area contributed by atoms with Crippen molar-refractivity contribution in [2.75, 3.05) is 71.0 Å². The van der Waals surface area contributed by atoms with Crippen molar-refractivity contribution in [1.82, 2.24) is 28.6 Å². The van der Waals surface area contributed by atoms with Crippen LogP contribution in [-0.2, 0) is 48.9 Å². The topological polar surface area (TPSA) is 148 Å². The lowest BCUT2D eigenvalue weighted by molar-refractivity contribution is -0.131. The maximum absolute atomic E-state index is 16.2. The third-order valence-electron chi connectivity index (χ3n) is 16.0. The number of likely N-dealkylation sites (tertiary alicyclic amines) is 1. The second-order valence-corrected chi connectivity index (χ2v) is 20.6. The number of hydrogen-bond acceptors (Lipinski definition) is 9. The van der Waals surface area contributed by atoms with Crippen LogP contribution >= 0.6 is 0 Å². The highest BCUT2D eigenvalue weighted by molar-refractivity contribution is 6.18. The van der Waals surface area contributed by atoms with Crippen molar-refractivity contribution in [3.05, 3.63) is 165 Å². The summed E-state index contributed by atoms with van der Waals surface area (Å²) in [5.41, 5.74) is 9.82. The first-order valence-corrected chi connectivity index (χ1v) is 26.6. The maximum Gasteiger partial charge on any atom is 0.258 e. The van der Waals surface area contributed by atoms with Crippen LogP contribution in [0.2, 0.25) is 0 Å². The van der Waals surface area contributed by atoms with Crippen LogP contribution in [-0.4, -0.2) is 123 Å². The van der Waals surface area contributed by atoms with Crippen LogP contribution in [0.5, 0.6) is 11.5 Å². The Morgan fingerprint density at radius 2 is 1.61 bits per heavy atom.